The Kier molecular flexibility index (Phi) is 15.4. The Morgan fingerprint density at radius 3 is 2.04 bits per heavy atom. The van der Waals surface area contributed by atoms with Gasteiger partial charge in [-0.2, -0.15) is 0 Å². The molecule has 0 rings (SSSR count). The number of carboxylic acids is 1. The molecule has 0 aromatic carbocycles. The van der Waals surface area contributed by atoms with Crippen LogP contribution < -0.4 is 10.4 Å². The zero-order valence-corrected chi connectivity index (χ0v) is 18.0. The van der Waals surface area contributed by atoms with Gasteiger partial charge in [0.25, 0.3) is 0 Å². The first-order valence-corrected chi connectivity index (χ1v) is 11.9. The van der Waals surface area contributed by atoms with Gasteiger partial charge in [0.15, 0.2) is 0 Å². The lowest BCUT2D eigenvalue weighted by Crippen LogP contribution is -2.47. The van der Waals surface area contributed by atoms with E-state index in [2.05, 4.69) is 5.32 Å². The molecular formula is C18H36NO7Si-. The van der Waals surface area contributed by atoms with Crippen molar-refractivity contribution in [3.05, 3.63) is 0 Å². The van der Waals surface area contributed by atoms with Crippen LogP contribution in [0.2, 0.25) is 6.04 Å². The third kappa shape index (κ3) is 12.1. The van der Waals surface area contributed by atoms with Gasteiger partial charge in [-0.05, 0) is 40.0 Å². The number of aliphatic hydroxyl groups is 1. The van der Waals surface area contributed by atoms with E-state index in [1.54, 1.807) is 0 Å². The van der Waals surface area contributed by atoms with E-state index in [1.807, 2.05) is 20.8 Å². The number of carbonyl (C=O) groups excluding carboxylic acids is 2. The number of amides is 1. The molecule has 2 N–H and O–H groups in total. The fourth-order valence-electron chi connectivity index (χ4n) is 2.77. The van der Waals surface area contributed by atoms with Crippen LogP contribution in [0.4, 0.5) is 0 Å². The van der Waals surface area contributed by atoms with Crippen molar-refractivity contribution in [1.82, 2.24) is 5.32 Å². The molecule has 0 fully saturated rings. The summed E-state index contributed by atoms with van der Waals surface area (Å²) in [6.07, 6.45) is 3.46. The number of hydrogen-bond donors (Lipinski definition) is 2. The van der Waals surface area contributed by atoms with Crippen molar-refractivity contribution in [3.63, 3.8) is 0 Å². The number of carboxylic acid groups (broad SMARTS) is 1. The highest BCUT2D eigenvalue weighted by molar-refractivity contribution is 6.60. The molecule has 0 aliphatic rings. The molecule has 1 atom stereocenters. The summed E-state index contributed by atoms with van der Waals surface area (Å²) in [6.45, 7) is 7.43. The fourth-order valence-corrected chi connectivity index (χ4v) is 5.47. The van der Waals surface area contributed by atoms with Crippen molar-refractivity contribution in [2.75, 3.05) is 33.0 Å². The highest BCUT2D eigenvalue weighted by Gasteiger charge is 2.40. The summed E-state index contributed by atoms with van der Waals surface area (Å²) in [5.41, 5.74) is 0. The van der Waals surface area contributed by atoms with Gasteiger partial charge in [0.05, 0.1) is 0 Å². The Hall–Kier alpha value is -1.00. The summed E-state index contributed by atoms with van der Waals surface area (Å²) in [7, 11) is -2.94. The molecule has 0 saturated heterocycles. The van der Waals surface area contributed by atoms with Crippen LogP contribution in [-0.2, 0) is 22.9 Å². The normalized spacial score (nSPS) is 12.7. The zero-order valence-electron chi connectivity index (χ0n) is 17.0. The topological polar surface area (TPSA) is 117 Å². The van der Waals surface area contributed by atoms with E-state index >= 15 is 0 Å². The van der Waals surface area contributed by atoms with Gasteiger partial charge in [-0.3, -0.25) is 4.79 Å². The monoisotopic (exact) mass is 406 g/mol. The van der Waals surface area contributed by atoms with Crippen LogP contribution in [0, 0.1) is 5.92 Å². The molecule has 0 bridgehead atoms. The molecule has 160 valence electrons. The van der Waals surface area contributed by atoms with Crippen LogP contribution in [0.25, 0.3) is 0 Å². The lowest BCUT2D eigenvalue weighted by molar-refractivity contribution is -0.311. The highest BCUT2D eigenvalue weighted by atomic mass is 28.4. The van der Waals surface area contributed by atoms with Crippen LogP contribution in [0.5, 0.6) is 0 Å². The molecule has 9 heteroatoms. The first-order valence-electron chi connectivity index (χ1n) is 9.94. The van der Waals surface area contributed by atoms with E-state index in [0.717, 1.165) is 25.7 Å². The number of unbranched alkanes of at least 4 members (excludes halogenated alkanes) is 3. The first kappa shape index (κ1) is 26.0. The van der Waals surface area contributed by atoms with Crippen molar-refractivity contribution in [2.45, 2.75) is 65.3 Å². The van der Waals surface area contributed by atoms with Gasteiger partial charge in [-0.25, -0.2) is 0 Å². The average molecular weight is 407 g/mol. The molecule has 0 aromatic heterocycles. The molecular weight excluding hydrogens is 370 g/mol. The maximum atomic E-state index is 12.0. The van der Waals surface area contributed by atoms with Gasteiger partial charge < -0.3 is 33.6 Å². The van der Waals surface area contributed by atoms with E-state index < -0.39 is 20.7 Å². The summed E-state index contributed by atoms with van der Waals surface area (Å²) in [5, 5.41) is 22.9. The van der Waals surface area contributed by atoms with Crippen LogP contribution in [0.1, 0.15) is 59.3 Å². The lowest BCUT2D eigenvalue weighted by atomic mass is 10.0. The minimum absolute atomic E-state index is 0.131. The molecule has 27 heavy (non-hydrogen) atoms. The quantitative estimate of drug-likeness (QED) is 0.256. The van der Waals surface area contributed by atoms with Crippen LogP contribution in [0.3, 0.4) is 0 Å². The third-order valence-electron chi connectivity index (χ3n) is 4.06. The van der Waals surface area contributed by atoms with Gasteiger partial charge >= 0.3 is 8.80 Å². The molecule has 0 aromatic rings. The molecule has 0 heterocycles. The first-order chi connectivity index (χ1) is 12.9. The fraction of sp³-hybridized carbons (Fsp3) is 0.889. The number of hydrogen-bond acceptors (Lipinski definition) is 7. The van der Waals surface area contributed by atoms with Crippen molar-refractivity contribution in [1.29, 1.82) is 0 Å². The SMILES string of the molecule is CCO[Si](CCC(CC(=O)NCCCCCCO)C(=O)[O-])(OCC)OCC. The largest absolute Gasteiger partial charge is 0.550 e. The maximum absolute atomic E-state index is 12.0. The Morgan fingerprint density at radius 1 is 1.00 bits per heavy atom. The minimum Gasteiger partial charge on any atom is -0.550 e. The van der Waals surface area contributed by atoms with Gasteiger partial charge in [0.1, 0.15) is 0 Å². The molecule has 0 radical (unpaired) electrons. The third-order valence-corrected chi connectivity index (χ3v) is 7.15. The van der Waals surface area contributed by atoms with Crippen LogP contribution >= 0.6 is 0 Å². The lowest BCUT2D eigenvalue weighted by Gasteiger charge is -2.30. The Morgan fingerprint density at radius 2 is 1.56 bits per heavy atom. The standard InChI is InChI=1S/C18H37NO7Si/c1-4-24-27(25-5-2,26-6-3)14-11-16(18(22)23)15-17(21)19-12-9-7-8-10-13-20/h16,20H,4-15H2,1-3H3,(H,19,21)(H,22,23)/p-1. The minimum atomic E-state index is -2.94. The van der Waals surface area contributed by atoms with Crippen LogP contribution in [0.15, 0.2) is 0 Å². The van der Waals surface area contributed by atoms with Crippen molar-refractivity contribution < 1.29 is 33.1 Å². The van der Waals surface area contributed by atoms with Gasteiger partial charge in [0.2, 0.25) is 5.91 Å². The van der Waals surface area contributed by atoms with E-state index in [0.29, 0.717) is 32.4 Å². The van der Waals surface area contributed by atoms with E-state index in [4.69, 9.17) is 18.4 Å². The van der Waals surface area contributed by atoms with Gasteiger partial charge in [0, 0.05) is 57.3 Å². The molecule has 0 aliphatic carbocycles. The van der Waals surface area contributed by atoms with Crippen molar-refractivity contribution in [3.8, 4) is 0 Å². The zero-order chi connectivity index (χ0) is 20.5. The molecule has 0 saturated carbocycles. The number of nitrogens with one attached hydrogen (secondary N) is 1. The Balaban J connectivity index is 4.52. The molecule has 1 amide bonds. The Labute approximate surface area is 163 Å². The predicted molar refractivity (Wildman–Crippen MR) is 102 cm³/mol. The molecule has 0 spiro atoms. The van der Waals surface area contributed by atoms with Crippen LogP contribution in [-0.4, -0.2) is 58.8 Å². The van der Waals surface area contributed by atoms with E-state index in [-0.39, 0.29) is 25.4 Å². The smallest absolute Gasteiger partial charge is 0.500 e. The summed E-state index contributed by atoms with van der Waals surface area (Å²) < 4.78 is 17.2. The summed E-state index contributed by atoms with van der Waals surface area (Å²) >= 11 is 0. The predicted octanol–water partition coefficient (Wildman–Crippen LogP) is 0.850. The number of aliphatic carboxylic acids is 1. The molecule has 1 unspecified atom stereocenters. The summed E-state index contributed by atoms with van der Waals surface area (Å²) in [5.74, 6) is -2.46. The molecule has 8 nitrogen and oxygen atoms in total. The van der Waals surface area contributed by atoms with E-state index in [9.17, 15) is 14.7 Å². The van der Waals surface area contributed by atoms with Gasteiger partial charge in [-0.1, -0.05) is 12.8 Å². The second-order valence-corrected chi connectivity index (χ2v) is 8.96. The number of aliphatic hydroxyl groups excluding tert-OH is 1. The maximum Gasteiger partial charge on any atom is 0.500 e. The summed E-state index contributed by atoms with van der Waals surface area (Å²) in [6, 6.07) is 0.329. The molecule has 0 aliphatic heterocycles. The Bertz CT molecular complexity index is 392. The highest BCUT2D eigenvalue weighted by Crippen LogP contribution is 2.23. The van der Waals surface area contributed by atoms with Crippen molar-refractivity contribution in [2.24, 2.45) is 5.92 Å². The van der Waals surface area contributed by atoms with Gasteiger partial charge in [-0.15, -0.1) is 0 Å². The second-order valence-electron chi connectivity index (χ2n) is 6.23. The second kappa shape index (κ2) is 16.0. The van der Waals surface area contributed by atoms with E-state index in [1.165, 1.54) is 0 Å². The van der Waals surface area contributed by atoms with Crippen molar-refractivity contribution >= 4 is 20.7 Å². The summed E-state index contributed by atoms with van der Waals surface area (Å²) in [4.78, 5) is 23.5. The number of rotatable bonds is 18. The number of carbonyl (C=O) groups is 2. The average Bonchev–Trinajstić information content (AvgIpc) is 2.62.